The number of hydrogen-bond donors (Lipinski definition) is 0. The van der Waals surface area contributed by atoms with E-state index in [0.717, 1.165) is 24.0 Å². The second-order valence-corrected chi connectivity index (χ2v) is 8.91. The third kappa shape index (κ3) is 5.56. The molecule has 13 heteroatoms. The first-order valence-corrected chi connectivity index (χ1v) is 11.2. The number of aryl methyl sites for hydroxylation is 1. The van der Waals surface area contributed by atoms with E-state index in [1.165, 1.54) is 30.5 Å². The molecule has 1 aliphatic heterocycles. The molecule has 0 spiro atoms. The highest BCUT2D eigenvalue weighted by molar-refractivity contribution is 7.86. The molecule has 1 fully saturated rings. The molecule has 1 aromatic carbocycles. The van der Waals surface area contributed by atoms with Gasteiger partial charge in [-0.25, -0.2) is 4.57 Å². The zero-order chi connectivity index (χ0) is 24.3. The van der Waals surface area contributed by atoms with Crippen molar-refractivity contribution in [1.29, 1.82) is 0 Å². The van der Waals surface area contributed by atoms with Crippen molar-refractivity contribution in [3.63, 3.8) is 0 Å². The summed E-state index contributed by atoms with van der Waals surface area (Å²) in [5.74, 6) is -1.88. The minimum absolute atomic E-state index is 0.0933. The summed E-state index contributed by atoms with van der Waals surface area (Å²) in [4.78, 5) is 34.0. The van der Waals surface area contributed by atoms with E-state index in [9.17, 15) is 28.1 Å². The van der Waals surface area contributed by atoms with Crippen LogP contribution in [0.4, 0.5) is 5.82 Å². The SMILES string of the molecule is CC(=O)OC1C(COS(=O)(=O)c2ccc(C)cc2)OC(n2cccc2[N+](=O)[O-])C1OC(C)=O. The number of nitrogens with zero attached hydrogens (tertiary/aromatic N) is 2. The molecule has 0 bridgehead atoms. The predicted octanol–water partition coefficient (Wildman–Crippen LogP) is 1.87. The Hall–Kier alpha value is -3.29. The lowest BCUT2D eigenvalue weighted by atomic mass is 10.1. The van der Waals surface area contributed by atoms with Crippen molar-refractivity contribution in [2.24, 2.45) is 0 Å². The highest BCUT2D eigenvalue weighted by atomic mass is 32.2. The topological polar surface area (TPSA) is 153 Å². The van der Waals surface area contributed by atoms with Crippen LogP contribution in [0.1, 0.15) is 25.6 Å². The maximum absolute atomic E-state index is 12.6. The molecule has 2 aromatic rings. The summed E-state index contributed by atoms with van der Waals surface area (Å²) in [6, 6.07) is 8.54. The fourth-order valence-corrected chi connectivity index (χ4v) is 4.32. The van der Waals surface area contributed by atoms with Gasteiger partial charge in [-0.05, 0) is 30.0 Å². The lowest BCUT2D eigenvalue weighted by Gasteiger charge is -2.22. The second-order valence-electron chi connectivity index (χ2n) is 7.30. The molecule has 33 heavy (non-hydrogen) atoms. The highest BCUT2D eigenvalue weighted by Gasteiger charge is 2.53. The Bertz CT molecular complexity index is 1140. The molecule has 2 heterocycles. The van der Waals surface area contributed by atoms with E-state index >= 15 is 0 Å². The van der Waals surface area contributed by atoms with Gasteiger partial charge in [-0.15, -0.1) is 0 Å². The number of hydrogen-bond acceptors (Lipinski definition) is 10. The Balaban J connectivity index is 1.91. The molecule has 12 nitrogen and oxygen atoms in total. The van der Waals surface area contributed by atoms with Crippen molar-refractivity contribution in [3.8, 4) is 0 Å². The lowest BCUT2D eigenvalue weighted by molar-refractivity contribution is -0.394. The van der Waals surface area contributed by atoms with Gasteiger partial charge >= 0.3 is 17.8 Å². The molecule has 3 rings (SSSR count). The molecule has 178 valence electrons. The monoisotopic (exact) mass is 482 g/mol. The molecule has 0 aliphatic carbocycles. The zero-order valence-corrected chi connectivity index (χ0v) is 18.8. The third-order valence-electron chi connectivity index (χ3n) is 4.80. The number of carbonyl (C=O) groups excluding carboxylic acids is 2. The van der Waals surface area contributed by atoms with Crippen LogP contribution in [0.25, 0.3) is 0 Å². The summed E-state index contributed by atoms with van der Waals surface area (Å²) in [6.07, 6.45) is -3.74. The summed E-state index contributed by atoms with van der Waals surface area (Å²) in [7, 11) is -4.19. The number of carbonyl (C=O) groups is 2. The van der Waals surface area contributed by atoms with Gasteiger partial charge in [0.15, 0.2) is 6.10 Å². The molecule has 1 saturated heterocycles. The lowest BCUT2D eigenvalue weighted by Crippen LogP contribution is -2.40. The van der Waals surface area contributed by atoms with Crippen LogP contribution < -0.4 is 0 Å². The van der Waals surface area contributed by atoms with Crippen LogP contribution >= 0.6 is 0 Å². The number of aromatic nitrogens is 1. The van der Waals surface area contributed by atoms with Gasteiger partial charge in [0.25, 0.3) is 10.1 Å². The van der Waals surface area contributed by atoms with E-state index in [1.54, 1.807) is 19.1 Å². The van der Waals surface area contributed by atoms with Crippen molar-refractivity contribution >= 4 is 27.9 Å². The molecule has 4 atom stereocenters. The molecule has 0 radical (unpaired) electrons. The molecule has 4 unspecified atom stereocenters. The van der Waals surface area contributed by atoms with Crippen molar-refractivity contribution < 1.29 is 41.3 Å². The van der Waals surface area contributed by atoms with Crippen LogP contribution in [0, 0.1) is 17.0 Å². The van der Waals surface area contributed by atoms with E-state index in [0.29, 0.717) is 0 Å². The minimum Gasteiger partial charge on any atom is -0.455 e. The molecule has 0 amide bonds. The molecular formula is C20H22N2O10S. The van der Waals surface area contributed by atoms with Crippen LogP contribution in [-0.4, -0.2) is 54.8 Å². The van der Waals surface area contributed by atoms with Gasteiger partial charge in [0.05, 0.1) is 17.7 Å². The average Bonchev–Trinajstić information content (AvgIpc) is 3.32. The average molecular weight is 482 g/mol. The van der Waals surface area contributed by atoms with Crippen LogP contribution in [-0.2, 0) is 38.1 Å². The van der Waals surface area contributed by atoms with Crippen LogP contribution in [0.15, 0.2) is 47.5 Å². The fourth-order valence-electron chi connectivity index (χ4n) is 3.40. The Morgan fingerprint density at radius 1 is 1.09 bits per heavy atom. The first-order valence-electron chi connectivity index (χ1n) is 9.77. The second kappa shape index (κ2) is 9.68. The fraction of sp³-hybridized carbons (Fsp3) is 0.400. The summed E-state index contributed by atoms with van der Waals surface area (Å²) in [5.41, 5.74) is 0.850. The Morgan fingerprint density at radius 3 is 2.27 bits per heavy atom. The van der Waals surface area contributed by atoms with Crippen LogP contribution in [0.5, 0.6) is 0 Å². The van der Waals surface area contributed by atoms with E-state index < -0.39 is 58.1 Å². The van der Waals surface area contributed by atoms with E-state index in [-0.39, 0.29) is 10.7 Å². The Labute approximate surface area is 189 Å². The summed E-state index contributed by atoms with van der Waals surface area (Å²) >= 11 is 0. The van der Waals surface area contributed by atoms with Gasteiger partial charge in [0, 0.05) is 19.9 Å². The van der Waals surface area contributed by atoms with Crippen LogP contribution in [0.2, 0.25) is 0 Å². The maximum Gasteiger partial charge on any atom is 0.325 e. The Kier molecular flexibility index (Phi) is 7.15. The first-order chi connectivity index (χ1) is 15.5. The molecule has 1 aliphatic rings. The van der Waals surface area contributed by atoms with E-state index in [4.69, 9.17) is 18.4 Å². The Morgan fingerprint density at radius 2 is 1.70 bits per heavy atom. The summed E-state index contributed by atoms with van der Waals surface area (Å²) in [6.45, 7) is 3.41. The minimum atomic E-state index is -4.19. The van der Waals surface area contributed by atoms with Gasteiger partial charge < -0.3 is 24.3 Å². The highest BCUT2D eigenvalue weighted by Crippen LogP contribution is 2.37. The predicted molar refractivity (Wildman–Crippen MR) is 110 cm³/mol. The number of ether oxygens (including phenoxy) is 3. The first kappa shape index (κ1) is 24.4. The number of nitro groups is 1. The number of esters is 2. The van der Waals surface area contributed by atoms with Gasteiger partial charge in [-0.2, -0.15) is 8.42 Å². The van der Waals surface area contributed by atoms with Crippen molar-refractivity contribution in [2.75, 3.05) is 6.61 Å². The largest absolute Gasteiger partial charge is 0.455 e. The van der Waals surface area contributed by atoms with Gasteiger partial charge in [0.1, 0.15) is 6.10 Å². The smallest absolute Gasteiger partial charge is 0.325 e. The standard InChI is InChI=1S/C20H22N2O10S/c1-12-6-8-15(9-7-12)33(27,28)29-11-16-18(30-13(2)23)19(31-14(3)24)20(32-16)21-10-4-5-17(21)22(25)26/h4-10,16,18-20H,11H2,1-3H3. The summed E-state index contributed by atoms with van der Waals surface area (Å²) in [5, 5.41) is 11.4. The van der Waals surface area contributed by atoms with Gasteiger partial charge in [-0.1, -0.05) is 17.7 Å². The van der Waals surface area contributed by atoms with Crippen molar-refractivity contribution in [1.82, 2.24) is 4.57 Å². The molecule has 0 N–H and O–H groups in total. The molecule has 0 saturated carbocycles. The van der Waals surface area contributed by atoms with Crippen molar-refractivity contribution in [2.45, 2.75) is 50.2 Å². The third-order valence-corrected chi connectivity index (χ3v) is 6.10. The van der Waals surface area contributed by atoms with E-state index in [2.05, 4.69) is 0 Å². The van der Waals surface area contributed by atoms with Crippen molar-refractivity contribution in [3.05, 3.63) is 58.3 Å². The van der Waals surface area contributed by atoms with Crippen LogP contribution in [0.3, 0.4) is 0 Å². The normalized spacial score (nSPS) is 22.6. The molecular weight excluding hydrogens is 460 g/mol. The van der Waals surface area contributed by atoms with E-state index in [1.807, 2.05) is 0 Å². The quantitative estimate of drug-likeness (QED) is 0.236. The number of rotatable bonds is 8. The summed E-state index contributed by atoms with van der Waals surface area (Å²) < 4.78 is 47.7. The van der Waals surface area contributed by atoms with Gasteiger partial charge in [0.2, 0.25) is 12.3 Å². The number of benzene rings is 1. The zero-order valence-electron chi connectivity index (χ0n) is 17.9. The molecule has 1 aromatic heterocycles. The van der Waals surface area contributed by atoms with Gasteiger partial charge in [-0.3, -0.25) is 13.8 Å². The maximum atomic E-state index is 12.6.